The van der Waals surface area contributed by atoms with Gasteiger partial charge in [0.25, 0.3) is 5.91 Å². The van der Waals surface area contributed by atoms with Gasteiger partial charge in [-0.05, 0) is 35.4 Å². The molecular weight excluding hydrogens is 522 g/mol. The summed E-state index contributed by atoms with van der Waals surface area (Å²) >= 11 is 11.9. The van der Waals surface area contributed by atoms with Gasteiger partial charge in [0.1, 0.15) is 5.75 Å². The fraction of sp³-hybridized carbons (Fsp3) is 0.321. The van der Waals surface area contributed by atoms with Gasteiger partial charge in [-0.15, -0.1) is 0 Å². The smallest absolute Gasteiger partial charge is 0.254 e. The van der Waals surface area contributed by atoms with Crippen molar-refractivity contribution in [2.24, 2.45) is 7.05 Å². The van der Waals surface area contributed by atoms with Gasteiger partial charge in [0, 0.05) is 62.2 Å². The molecule has 0 unspecified atom stereocenters. The third-order valence-corrected chi connectivity index (χ3v) is 7.79. The summed E-state index contributed by atoms with van der Waals surface area (Å²) in [7, 11) is 1.96. The van der Waals surface area contributed by atoms with Crippen LogP contribution in [0.4, 0.5) is 0 Å². The fourth-order valence-corrected chi connectivity index (χ4v) is 5.56. The number of ether oxygens (including phenoxy) is 2. The maximum Gasteiger partial charge on any atom is 0.254 e. The van der Waals surface area contributed by atoms with Crippen LogP contribution in [0.1, 0.15) is 33.4 Å². The van der Waals surface area contributed by atoms with Crippen LogP contribution < -0.4 is 10.1 Å². The van der Waals surface area contributed by atoms with Gasteiger partial charge in [-0.1, -0.05) is 36.0 Å². The third-order valence-electron chi connectivity index (χ3n) is 7.10. The number of aryl methyl sites for hydroxylation is 1. The van der Waals surface area contributed by atoms with Gasteiger partial charge in [-0.25, -0.2) is 4.98 Å². The molecule has 1 fully saturated rings. The number of hydrogen-bond acceptors (Lipinski definition) is 6. The van der Waals surface area contributed by atoms with Gasteiger partial charge in [0.05, 0.1) is 35.3 Å². The van der Waals surface area contributed by atoms with Crippen molar-refractivity contribution in [3.63, 3.8) is 0 Å². The first kappa shape index (κ1) is 25.1. The Balaban J connectivity index is 1.39. The van der Waals surface area contributed by atoms with Crippen LogP contribution >= 0.6 is 23.8 Å². The molecule has 4 aromatic rings. The maximum atomic E-state index is 13.4. The first-order valence-corrected chi connectivity index (χ1v) is 13.4. The summed E-state index contributed by atoms with van der Waals surface area (Å²) in [5.41, 5.74) is 3.42. The first-order valence-electron chi connectivity index (χ1n) is 12.6. The number of carbonyl (C=O) groups is 1. The lowest BCUT2D eigenvalue weighted by molar-refractivity contribution is 0.0341. The molecule has 0 aliphatic carbocycles. The molecule has 6 rings (SSSR count). The highest BCUT2D eigenvalue weighted by Gasteiger charge is 2.28. The summed E-state index contributed by atoms with van der Waals surface area (Å²) in [6, 6.07) is 11.6. The number of hydrogen-bond donors (Lipinski definition) is 1. The number of benzene rings is 2. The van der Waals surface area contributed by atoms with Crippen LogP contribution in [0, 0.1) is 4.51 Å². The molecule has 2 aromatic heterocycles. The largest absolute Gasteiger partial charge is 0.478 e. The standard InChI is InChI=1S/C28H28ClN5O3S/c1-32-7-6-30-27(32)24-17-34-16-22(28(35)31-14-18-2-4-20(29)5-3-18)26(38)21-12-19(13-23(37-24)25(21)34)15-33-8-10-36-11-9-33/h2-7,12-13,16,24H,8-11,14-15,17H2,1H3,(H,31,35)/t24-/m1/s1. The Bertz CT molecular complexity index is 1560. The number of halogens is 1. The van der Waals surface area contributed by atoms with E-state index in [2.05, 4.69) is 31.9 Å². The van der Waals surface area contributed by atoms with Crippen molar-refractivity contribution in [1.29, 1.82) is 0 Å². The van der Waals surface area contributed by atoms with E-state index in [9.17, 15) is 4.79 Å². The second-order valence-corrected chi connectivity index (χ2v) is 10.6. The summed E-state index contributed by atoms with van der Waals surface area (Å²) in [5, 5.41) is 4.52. The van der Waals surface area contributed by atoms with Gasteiger partial charge in [-0.2, -0.15) is 0 Å². The van der Waals surface area contributed by atoms with E-state index >= 15 is 0 Å². The normalized spacial score (nSPS) is 17.4. The summed E-state index contributed by atoms with van der Waals surface area (Å²) < 4.78 is 16.6. The van der Waals surface area contributed by atoms with Crippen molar-refractivity contribution in [2.45, 2.75) is 25.7 Å². The van der Waals surface area contributed by atoms with Gasteiger partial charge < -0.3 is 23.9 Å². The number of nitrogens with one attached hydrogen (secondary N) is 1. The molecule has 38 heavy (non-hydrogen) atoms. The van der Waals surface area contributed by atoms with E-state index in [0.717, 1.165) is 66.5 Å². The fourth-order valence-electron chi connectivity index (χ4n) is 5.13. The highest BCUT2D eigenvalue weighted by Crippen LogP contribution is 2.38. The number of rotatable bonds is 6. The molecule has 10 heteroatoms. The molecule has 0 spiro atoms. The lowest BCUT2D eigenvalue weighted by Crippen LogP contribution is -2.35. The van der Waals surface area contributed by atoms with Crippen LogP contribution in [0.15, 0.2) is 55.0 Å². The van der Waals surface area contributed by atoms with Gasteiger partial charge in [0.15, 0.2) is 11.9 Å². The molecular formula is C28H28ClN5O3S. The number of morpholine rings is 1. The van der Waals surface area contributed by atoms with E-state index < -0.39 is 0 Å². The Hall–Kier alpha value is -3.24. The van der Waals surface area contributed by atoms with Crippen LogP contribution in [0.5, 0.6) is 5.75 Å². The van der Waals surface area contributed by atoms with E-state index in [1.807, 2.05) is 48.3 Å². The van der Waals surface area contributed by atoms with E-state index in [0.29, 0.717) is 28.2 Å². The summed E-state index contributed by atoms with van der Waals surface area (Å²) in [6.07, 6.45) is 5.23. The number of aromatic nitrogens is 3. The Morgan fingerprint density at radius 2 is 1.97 bits per heavy atom. The van der Waals surface area contributed by atoms with Gasteiger partial charge in [0.2, 0.25) is 0 Å². The minimum atomic E-state index is -0.296. The highest BCUT2D eigenvalue weighted by molar-refractivity contribution is 7.71. The predicted octanol–water partition coefficient (Wildman–Crippen LogP) is 4.65. The monoisotopic (exact) mass is 549 g/mol. The third kappa shape index (κ3) is 4.94. The van der Waals surface area contributed by atoms with Crippen LogP contribution in [0.2, 0.25) is 5.02 Å². The molecule has 1 saturated heterocycles. The zero-order valence-corrected chi connectivity index (χ0v) is 22.6. The maximum absolute atomic E-state index is 13.4. The number of nitrogens with zero attached hydrogens (tertiary/aromatic N) is 4. The van der Waals surface area contributed by atoms with Crippen molar-refractivity contribution in [1.82, 2.24) is 24.3 Å². The zero-order chi connectivity index (χ0) is 26.2. The van der Waals surface area contributed by atoms with Gasteiger partial charge in [-0.3, -0.25) is 9.69 Å². The number of pyridine rings is 1. The quantitative estimate of drug-likeness (QED) is 0.353. The molecule has 2 aromatic carbocycles. The van der Waals surface area contributed by atoms with Crippen molar-refractivity contribution in [3.8, 4) is 5.75 Å². The first-order chi connectivity index (χ1) is 18.5. The number of amides is 1. The average Bonchev–Trinajstić information content (AvgIpc) is 3.36. The molecule has 4 heterocycles. The van der Waals surface area contributed by atoms with Crippen molar-refractivity contribution in [2.75, 3.05) is 26.3 Å². The second-order valence-electron chi connectivity index (χ2n) is 9.71. The van der Waals surface area contributed by atoms with E-state index in [-0.39, 0.29) is 12.0 Å². The molecule has 1 atom stereocenters. The SMILES string of the molecule is Cn1ccnc1[C@H]1Cn2cc(C(=O)NCc3ccc(Cl)cc3)c(=S)c3cc(CN4CCOCC4)cc(c32)O1. The van der Waals surface area contributed by atoms with Gasteiger partial charge >= 0.3 is 0 Å². The van der Waals surface area contributed by atoms with Crippen LogP contribution in [-0.2, 0) is 31.4 Å². The Kier molecular flexibility index (Phi) is 6.92. The molecule has 2 aliphatic rings. The summed E-state index contributed by atoms with van der Waals surface area (Å²) in [5.74, 6) is 1.37. The molecule has 1 amide bonds. The Morgan fingerprint density at radius 3 is 2.71 bits per heavy atom. The average molecular weight is 550 g/mol. The highest BCUT2D eigenvalue weighted by atomic mass is 35.5. The van der Waals surface area contributed by atoms with Crippen LogP contribution in [0.3, 0.4) is 0 Å². The number of imidazole rings is 1. The van der Waals surface area contributed by atoms with Crippen LogP contribution in [0.25, 0.3) is 10.9 Å². The van der Waals surface area contributed by atoms with Crippen molar-refractivity contribution < 1.29 is 14.3 Å². The second kappa shape index (κ2) is 10.5. The minimum Gasteiger partial charge on any atom is -0.478 e. The lowest BCUT2D eigenvalue weighted by atomic mass is 10.0. The van der Waals surface area contributed by atoms with Crippen LogP contribution in [-0.4, -0.2) is 51.2 Å². The predicted molar refractivity (Wildman–Crippen MR) is 148 cm³/mol. The lowest BCUT2D eigenvalue weighted by Gasteiger charge is -2.30. The van der Waals surface area contributed by atoms with E-state index in [1.54, 1.807) is 6.20 Å². The molecule has 1 N–H and O–H groups in total. The minimum absolute atomic E-state index is 0.212. The molecule has 196 valence electrons. The molecule has 0 radical (unpaired) electrons. The molecule has 0 saturated carbocycles. The Morgan fingerprint density at radius 1 is 1.18 bits per heavy atom. The van der Waals surface area contributed by atoms with Crippen molar-refractivity contribution in [3.05, 3.63) is 87.0 Å². The molecule has 8 nitrogen and oxygen atoms in total. The topological polar surface area (TPSA) is 73.6 Å². The number of carbonyl (C=O) groups excluding carboxylic acids is 1. The molecule has 0 bridgehead atoms. The zero-order valence-electron chi connectivity index (χ0n) is 21.0. The van der Waals surface area contributed by atoms with Crippen molar-refractivity contribution >= 4 is 40.6 Å². The van der Waals surface area contributed by atoms with E-state index in [1.165, 1.54) is 0 Å². The summed E-state index contributed by atoms with van der Waals surface area (Å²) in [4.78, 5) is 20.3. The Labute approximate surface area is 230 Å². The molecule has 2 aliphatic heterocycles. The summed E-state index contributed by atoms with van der Waals surface area (Å²) in [6.45, 7) is 4.85. The van der Waals surface area contributed by atoms with E-state index in [4.69, 9.17) is 33.3 Å².